The van der Waals surface area contributed by atoms with E-state index >= 15 is 0 Å². The van der Waals surface area contributed by atoms with Gasteiger partial charge in [-0.05, 0) is 56.3 Å². The molecule has 4 aliphatic rings. The van der Waals surface area contributed by atoms with Crippen LogP contribution >= 0.6 is 0 Å². The molecule has 28 heavy (non-hydrogen) atoms. The highest BCUT2D eigenvalue weighted by atomic mass is 16.5. The number of amides is 1. The summed E-state index contributed by atoms with van der Waals surface area (Å²) in [6, 6.07) is -1.39. The Bertz CT molecular complexity index is 622. The number of carbonyl (C=O) groups is 4. The fourth-order valence-electron chi connectivity index (χ4n) is 6.07. The molecule has 8 heteroatoms. The van der Waals surface area contributed by atoms with Crippen LogP contribution in [0.15, 0.2) is 0 Å². The molecule has 0 radical (unpaired) electrons. The third-order valence-corrected chi connectivity index (χ3v) is 7.03. The predicted octanol–water partition coefficient (Wildman–Crippen LogP) is 1.37. The van der Waals surface area contributed by atoms with Crippen molar-refractivity contribution in [2.45, 2.75) is 51.5 Å². The standard InChI is InChI=1S/C20H29NO7/c1-10(14(17(24)27-2)18(25)28-3)15(16(22)23)21-19(26)20-7-11-4-12(8-20)6-13(5-11)9-20/h10-15H,4-9H2,1-3H3,(H,21,26)(H,22,23)/t10-,11?,12?,13?,15-,20?/m0/s1. The van der Waals surface area contributed by atoms with E-state index < -0.39 is 41.2 Å². The summed E-state index contributed by atoms with van der Waals surface area (Å²) in [5.74, 6) is -4.14. The van der Waals surface area contributed by atoms with Crippen LogP contribution in [-0.4, -0.2) is 49.2 Å². The maximum Gasteiger partial charge on any atom is 0.326 e. The molecule has 2 N–H and O–H groups in total. The minimum atomic E-state index is -1.42. The average molecular weight is 395 g/mol. The molecule has 0 aromatic heterocycles. The van der Waals surface area contributed by atoms with Gasteiger partial charge in [-0.15, -0.1) is 0 Å². The topological polar surface area (TPSA) is 119 Å². The first-order valence-corrected chi connectivity index (χ1v) is 9.90. The Morgan fingerprint density at radius 1 is 0.929 bits per heavy atom. The van der Waals surface area contributed by atoms with Crippen LogP contribution in [-0.2, 0) is 28.7 Å². The summed E-state index contributed by atoms with van der Waals surface area (Å²) in [6.07, 6.45) is 5.88. The van der Waals surface area contributed by atoms with Crippen LogP contribution in [0, 0.1) is 35.0 Å². The molecule has 2 atom stereocenters. The van der Waals surface area contributed by atoms with Gasteiger partial charge in [-0.1, -0.05) is 6.92 Å². The number of carboxylic acid groups (broad SMARTS) is 1. The van der Waals surface area contributed by atoms with Crippen LogP contribution in [0.3, 0.4) is 0 Å². The van der Waals surface area contributed by atoms with Gasteiger partial charge >= 0.3 is 17.9 Å². The molecule has 0 heterocycles. The number of ether oxygens (including phenoxy) is 2. The highest BCUT2D eigenvalue weighted by Crippen LogP contribution is 2.60. The lowest BCUT2D eigenvalue weighted by molar-refractivity contribution is -0.164. The fraction of sp³-hybridized carbons (Fsp3) is 0.800. The first-order chi connectivity index (χ1) is 13.2. The molecule has 0 saturated heterocycles. The second kappa shape index (κ2) is 7.72. The fourth-order valence-corrected chi connectivity index (χ4v) is 6.07. The lowest BCUT2D eigenvalue weighted by Gasteiger charge is -2.55. The highest BCUT2D eigenvalue weighted by molar-refractivity contribution is 5.96. The van der Waals surface area contributed by atoms with Crippen molar-refractivity contribution in [3.63, 3.8) is 0 Å². The lowest BCUT2D eigenvalue weighted by Crippen LogP contribution is -2.58. The van der Waals surface area contributed by atoms with Crippen molar-refractivity contribution < 1.29 is 33.8 Å². The van der Waals surface area contributed by atoms with Gasteiger partial charge in [0.05, 0.1) is 14.2 Å². The summed E-state index contributed by atoms with van der Waals surface area (Å²) in [5.41, 5.74) is -0.520. The Balaban J connectivity index is 1.79. The monoisotopic (exact) mass is 395 g/mol. The Hall–Kier alpha value is -2.12. The van der Waals surface area contributed by atoms with Gasteiger partial charge in [-0.3, -0.25) is 14.4 Å². The number of rotatable bonds is 7. The van der Waals surface area contributed by atoms with Crippen molar-refractivity contribution >= 4 is 23.8 Å². The zero-order chi connectivity index (χ0) is 20.6. The van der Waals surface area contributed by atoms with Gasteiger partial charge in [0.25, 0.3) is 0 Å². The smallest absolute Gasteiger partial charge is 0.326 e. The predicted molar refractivity (Wildman–Crippen MR) is 96.9 cm³/mol. The summed E-state index contributed by atoms with van der Waals surface area (Å²) < 4.78 is 9.29. The van der Waals surface area contributed by atoms with Gasteiger partial charge in [-0.2, -0.15) is 0 Å². The van der Waals surface area contributed by atoms with E-state index in [4.69, 9.17) is 0 Å². The molecule has 4 saturated carbocycles. The van der Waals surface area contributed by atoms with Gasteiger partial charge in [-0.25, -0.2) is 4.79 Å². The minimum Gasteiger partial charge on any atom is -0.480 e. The molecule has 4 aliphatic carbocycles. The highest BCUT2D eigenvalue weighted by Gasteiger charge is 2.55. The van der Waals surface area contributed by atoms with Crippen molar-refractivity contribution in [2.75, 3.05) is 14.2 Å². The third-order valence-electron chi connectivity index (χ3n) is 7.03. The summed E-state index contributed by atoms with van der Waals surface area (Å²) in [6.45, 7) is 1.44. The Morgan fingerprint density at radius 2 is 1.36 bits per heavy atom. The number of aliphatic carboxylic acids is 1. The van der Waals surface area contributed by atoms with Crippen molar-refractivity contribution in [3.05, 3.63) is 0 Å². The number of hydrogen-bond acceptors (Lipinski definition) is 6. The van der Waals surface area contributed by atoms with E-state index in [1.165, 1.54) is 6.92 Å². The number of nitrogens with one attached hydrogen (secondary N) is 1. The van der Waals surface area contributed by atoms with Crippen LogP contribution in [0.5, 0.6) is 0 Å². The second-order valence-electron chi connectivity index (χ2n) is 8.87. The van der Waals surface area contributed by atoms with E-state index in [2.05, 4.69) is 14.8 Å². The molecule has 0 spiro atoms. The minimum absolute atomic E-state index is 0.265. The number of methoxy groups -OCH3 is 2. The normalized spacial score (nSPS) is 32.5. The van der Waals surface area contributed by atoms with Crippen LogP contribution in [0.2, 0.25) is 0 Å². The molecule has 0 unspecified atom stereocenters. The van der Waals surface area contributed by atoms with Gasteiger partial charge < -0.3 is 19.9 Å². The molecule has 4 fully saturated rings. The maximum atomic E-state index is 13.2. The molecule has 1 amide bonds. The van der Waals surface area contributed by atoms with Crippen LogP contribution in [0.1, 0.15) is 45.4 Å². The molecule has 0 aliphatic heterocycles. The molecular weight excluding hydrogens is 366 g/mol. The molecule has 8 nitrogen and oxygen atoms in total. The van der Waals surface area contributed by atoms with Crippen LogP contribution in [0.25, 0.3) is 0 Å². The summed E-state index contributed by atoms with van der Waals surface area (Å²) in [7, 11) is 2.24. The molecule has 4 rings (SSSR count). The van der Waals surface area contributed by atoms with Gasteiger partial charge in [0.15, 0.2) is 5.92 Å². The van der Waals surface area contributed by atoms with Gasteiger partial charge in [0.1, 0.15) is 6.04 Å². The first-order valence-electron chi connectivity index (χ1n) is 9.90. The SMILES string of the molecule is COC(=O)C(C(=O)OC)[C@H](C)[C@H](NC(=O)C12CC3CC(CC(C3)C1)C2)C(=O)O. The summed E-state index contributed by atoms with van der Waals surface area (Å²) in [5, 5.41) is 12.4. The zero-order valence-electron chi connectivity index (χ0n) is 16.6. The van der Waals surface area contributed by atoms with E-state index in [1.807, 2.05) is 0 Å². The lowest BCUT2D eigenvalue weighted by atomic mass is 9.49. The molecule has 0 aromatic rings. The molecule has 156 valence electrons. The number of carboxylic acids is 1. The number of carbonyl (C=O) groups excluding carboxylic acids is 3. The van der Waals surface area contributed by atoms with E-state index in [0.717, 1.165) is 52.7 Å². The Morgan fingerprint density at radius 3 is 1.71 bits per heavy atom. The van der Waals surface area contributed by atoms with E-state index in [9.17, 15) is 24.3 Å². The number of hydrogen-bond donors (Lipinski definition) is 2. The molecule has 0 aromatic carbocycles. The Kier molecular flexibility index (Phi) is 5.68. The third kappa shape index (κ3) is 3.61. The zero-order valence-corrected chi connectivity index (χ0v) is 16.6. The summed E-state index contributed by atoms with van der Waals surface area (Å²) in [4.78, 5) is 49.2. The Labute approximate surface area is 164 Å². The molecule has 4 bridgehead atoms. The van der Waals surface area contributed by atoms with Crippen molar-refractivity contribution in [3.8, 4) is 0 Å². The van der Waals surface area contributed by atoms with Crippen LogP contribution in [0.4, 0.5) is 0 Å². The average Bonchev–Trinajstić information content (AvgIpc) is 2.64. The first kappa shape index (κ1) is 20.6. The molecular formula is C20H29NO7. The van der Waals surface area contributed by atoms with Crippen molar-refractivity contribution in [2.24, 2.45) is 35.0 Å². The van der Waals surface area contributed by atoms with Gasteiger partial charge in [0.2, 0.25) is 5.91 Å². The second-order valence-corrected chi connectivity index (χ2v) is 8.87. The van der Waals surface area contributed by atoms with Gasteiger partial charge in [0, 0.05) is 11.3 Å². The van der Waals surface area contributed by atoms with Crippen molar-refractivity contribution in [1.29, 1.82) is 0 Å². The van der Waals surface area contributed by atoms with Crippen molar-refractivity contribution in [1.82, 2.24) is 5.32 Å². The largest absolute Gasteiger partial charge is 0.480 e. The number of esters is 2. The van der Waals surface area contributed by atoms with Crippen LogP contribution < -0.4 is 5.32 Å². The summed E-state index contributed by atoms with van der Waals surface area (Å²) >= 11 is 0. The maximum absolute atomic E-state index is 13.2. The van der Waals surface area contributed by atoms with E-state index in [-0.39, 0.29) is 5.91 Å². The van der Waals surface area contributed by atoms with E-state index in [1.54, 1.807) is 0 Å². The van der Waals surface area contributed by atoms with E-state index in [0.29, 0.717) is 17.8 Å². The quantitative estimate of drug-likeness (QED) is 0.493.